The van der Waals surface area contributed by atoms with Crippen LogP contribution in [0.25, 0.3) is 0 Å². The number of hydrogen-bond donors (Lipinski definition) is 1. The Kier molecular flexibility index (Phi) is 4.73. The summed E-state index contributed by atoms with van der Waals surface area (Å²) in [6, 6.07) is 4.81. The number of amides is 1. The maximum Gasteiger partial charge on any atom is 0.346 e. The molecular formula is C15H16Cl2N4O2. The number of aromatic nitrogens is 3. The van der Waals surface area contributed by atoms with Crippen LogP contribution in [0.4, 0.5) is 5.69 Å². The molecule has 0 bridgehead atoms. The Morgan fingerprint density at radius 2 is 2.04 bits per heavy atom. The summed E-state index contributed by atoms with van der Waals surface area (Å²) < 4.78 is 2.88. The number of halogens is 2. The highest BCUT2D eigenvalue weighted by atomic mass is 35.5. The number of aryl methyl sites for hydroxylation is 1. The largest absolute Gasteiger partial charge is 0.346 e. The Balaban J connectivity index is 1.73. The Bertz CT molecular complexity index is 797. The number of nitrogens with zero attached hydrogens (tertiary/aromatic N) is 3. The van der Waals surface area contributed by atoms with Crippen LogP contribution in [0.2, 0.25) is 10.0 Å². The zero-order chi connectivity index (χ0) is 16.4. The van der Waals surface area contributed by atoms with Gasteiger partial charge >= 0.3 is 5.69 Å². The first-order chi connectivity index (χ1) is 11.0. The van der Waals surface area contributed by atoms with Gasteiger partial charge in [0.2, 0.25) is 5.91 Å². The molecule has 0 radical (unpaired) electrons. The van der Waals surface area contributed by atoms with Gasteiger partial charge in [0.15, 0.2) is 0 Å². The second-order valence-corrected chi connectivity index (χ2v) is 6.31. The standard InChI is InChI=1S/C15H16Cl2N4O2/c16-11-6-5-10(8-12(11)17)18-14(22)9-21-15(23)20-7-3-1-2-4-13(20)19-21/h5-6,8H,1-4,7,9H2,(H,18,22). The fraction of sp³-hybridized carbons (Fsp3) is 0.400. The molecule has 0 unspecified atom stereocenters. The van der Waals surface area contributed by atoms with Gasteiger partial charge in [-0.05, 0) is 31.0 Å². The van der Waals surface area contributed by atoms with E-state index in [1.807, 2.05) is 0 Å². The molecule has 122 valence electrons. The van der Waals surface area contributed by atoms with Crippen molar-refractivity contribution in [1.82, 2.24) is 14.3 Å². The van der Waals surface area contributed by atoms with Crippen LogP contribution in [0, 0.1) is 0 Å². The quantitative estimate of drug-likeness (QED) is 0.921. The maximum absolute atomic E-state index is 12.3. The molecule has 0 saturated carbocycles. The van der Waals surface area contributed by atoms with Crippen LogP contribution in [0.3, 0.4) is 0 Å². The Hall–Kier alpha value is -1.79. The molecule has 0 atom stereocenters. The van der Waals surface area contributed by atoms with Crippen LogP contribution < -0.4 is 11.0 Å². The van der Waals surface area contributed by atoms with Crippen molar-refractivity contribution in [3.63, 3.8) is 0 Å². The first-order valence-corrected chi connectivity index (χ1v) is 8.21. The summed E-state index contributed by atoms with van der Waals surface area (Å²) >= 11 is 11.7. The first kappa shape index (κ1) is 16.1. The Labute approximate surface area is 143 Å². The SMILES string of the molecule is O=C(Cn1nc2n(c1=O)CCCCC2)Nc1ccc(Cl)c(Cl)c1. The van der Waals surface area contributed by atoms with Crippen molar-refractivity contribution in [3.8, 4) is 0 Å². The average Bonchev–Trinajstić information content (AvgIpc) is 2.68. The normalized spacial score (nSPS) is 14.2. The highest BCUT2D eigenvalue weighted by molar-refractivity contribution is 6.42. The van der Waals surface area contributed by atoms with Gasteiger partial charge in [-0.15, -0.1) is 0 Å². The van der Waals surface area contributed by atoms with E-state index >= 15 is 0 Å². The van der Waals surface area contributed by atoms with E-state index in [1.54, 1.807) is 22.8 Å². The van der Waals surface area contributed by atoms with Gasteiger partial charge in [0, 0.05) is 18.7 Å². The lowest BCUT2D eigenvalue weighted by atomic mass is 10.2. The fourth-order valence-corrected chi connectivity index (χ4v) is 2.94. The van der Waals surface area contributed by atoms with Crippen LogP contribution in [-0.4, -0.2) is 20.3 Å². The number of carbonyl (C=O) groups excluding carboxylic acids is 1. The number of fused-ring (bicyclic) bond motifs is 1. The highest BCUT2D eigenvalue weighted by Crippen LogP contribution is 2.24. The second-order valence-electron chi connectivity index (χ2n) is 5.50. The van der Waals surface area contributed by atoms with Crippen LogP contribution in [0.5, 0.6) is 0 Å². The van der Waals surface area contributed by atoms with Gasteiger partial charge in [-0.1, -0.05) is 29.6 Å². The number of carbonyl (C=O) groups is 1. The summed E-state index contributed by atoms with van der Waals surface area (Å²) in [6.07, 6.45) is 3.86. The van der Waals surface area contributed by atoms with Crippen LogP contribution in [0.15, 0.2) is 23.0 Å². The van der Waals surface area contributed by atoms with E-state index in [1.165, 1.54) is 4.68 Å². The molecule has 6 nitrogen and oxygen atoms in total. The number of benzene rings is 1. The smallest absolute Gasteiger partial charge is 0.324 e. The van der Waals surface area contributed by atoms with Gasteiger partial charge in [-0.3, -0.25) is 9.36 Å². The summed E-state index contributed by atoms with van der Waals surface area (Å²) in [5.41, 5.74) is 0.296. The van der Waals surface area contributed by atoms with Gasteiger partial charge in [-0.2, -0.15) is 5.10 Å². The van der Waals surface area contributed by atoms with Crippen molar-refractivity contribution in [1.29, 1.82) is 0 Å². The molecule has 0 saturated heterocycles. The molecule has 0 fully saturated rings. The highest BCUT2D eigenvalue weighted by Gasteiger charge is 2.17. The van der Waals surface area contributed by atoms with Crippen molar-refractivity contribution in [2.45, 2.75) is 38.8 Å². The third kappa shape index (κ3) is 3.59. The van der Waals surface area contributed by atoms with Crippen molar-refractivity contribution in [2.24, 2.45) is 0 Å². The molecule has 0 aliphatic carbocycles. The van der Waals surface area contributed by atoms with E-state index < -0.39 is 0 Å². The molecule has 1 aromatic heterocycles. The van der Waals surface area contributed by atoms with Crippen molar-refractivity contribution in [2.75, 3.05) is 5.32 Å². The van der Waals surface area contributed by atoms with Crippen molar-refractivity contribution >= 4 is 34.8 Å². The summed E-state index contributed by atoms with van der Waals surface area (Å²) in [5, 5.41) is 7.74. The number of anilines is 1. The van der Waals surface area contributed by atoms with E-state index in [9.17, 15) is 9.59 Å². The summed E-state index contributed by atoms with van der Waals surface area (Å²) in [5.74, 6) is 0.425. The van der Waals surface area contributed by atoms with Crippen LogP contribution in [0.1, 0.15) is 25.1 Å². The number of nitrogens with one attached hydrogen (secondary N) is 1. The average molecular weight is 355 g/mol. The summed E-state index contributed by atoms with van der Waals surface area (Å²) in [6.45, 7) is 0.543. The monoisotopic (exact) mass is 354 g/mol. The molecule has 2 heterocycles. The van der Waals surface area contributed by atoms with Gasteiger partial charge in [0.05, 0.1) is 10.0 Å². The first-order valence-electron chi connectivity index (χ1n) is 7.46. The Morgan fingerprint density at radius 1 is 1.22 bits per heavy atom. The minimum absolute atomic E-state index is 0.126. The molecule has 3 rings (SSSR count). The molecule has 1 aliphatic heterocycles. The van der Waals surface area contributed by atoms with E-state index in [0.29, 0.717) is 22.3 Å². The van der Waals surface area contributed by atoms with Gasteiger partial charge < -0.3 is 5.32 Å². The second kappa shape index (κ2) is 6.76. The molecule has 1 aromatic carbocycles. The van der Waals surface area contributed by atoms with Crippen LogP contribution >= 0.6 is 23.2 Å². The molecule has 0 spiro atoms. The molecule has 1 aliphatic rings. The molecular weight excluding hydrogens is 339 g/mol. The summed E-state index contributed by atoms with van der Waals surface area (Å²) in [7, 11) is 0. The summed E-state index contributed by atoms with van der Waals surface area (Å²) in [4.78, 5) is 24.4. The van der Waals surface area contributed by atoms with E-state index in [0.717, 1.165) is 31.5 Å². The van der Waals surface area contributed by atoms with Gasteiger partial charge in [0.25, 0.3) is 0 Å². The lowest BCUT2D eigenvalue weighted by molar-refractivity contribution is -0.117. The predicted molar refractivity (Wildman–Crippen MR) is 89.1 cm³/mol. The van der Waals surface area contributed by atoms with E-state index in [4.69, 9.17) is 23.2 Å². The molecule has 1 amide bonds. The third-order valence-electron chi connectivity index (χ3n) is 3.78. The Morgan fingerprint density at radius 3 is 2.83 bits per heavy atom. The molecule has 23 heavy (non-hydrogen) atoms. The zero-order valence-electron chi connectivity index (χ0n) is 12.4. The van der Waals surface area contributed by atoms with Gasteiger partial charge in [-0.25, -0.2) is 9.48 Å². The van der Waals surface area contributed by atoms with Crippen molar-refractivity contribution in [3.05, 3.63) is 44.6 Å². The molecule has 1 N–H and O–H groups in total. The molecule has 2 aromatic rings. The lowest BCUT2D eigenvalue weighted by Gasteiger charge is -2.06. The van der Waals surface area contributed by atoms with Crippen LogP contribution in [-0.2, 0) is 24.3 Å². The zero-order valence-corrected chi connectivity index (χ0v) is 13.9. The fourth-order valence-electron chi connectivity index (χ4n) is 2.64. The minimum Gasteiger partial charge on any atom is -0.324 e. The van der Waals surface area contributed by atoms with E-state index in [-0.39, 0.29) is 18.1 Å². The van der Waals surface area contributed by atoms with Gasteiger partial charge in [0.1, 0.15) is 12.4 Å². The topological polar surface area (TPSA) is 68.9 Å². The lowest BCUT2D eigenvalue weighted by Crippen LogP contribution is -2.30. The minimum atomic E-state index is -0.334. The number of hydrogen-bond acceptors (Lipinski definition) is 3. The third-order valence-corrected chi connectivity index (χ3v) is 4.52. The molecule has 8 heteroatoms. The maximum atomic E-state index is 12.3. The van der Waals surface area contributed by atoms with Crippen molar-refractivity contribution < 1.29 is 4.79 Å². The number of rotatable bonds is 3. The van der Waals surface area contributed by atoms with E-state index in [2.05, 4.69) is 10.4 Å². The predicted octanol–water partition coefficient (Wildman–Crippen LogP) is 2.72.